The lowest BCUT2D eigenvalue weighted by molar-refractivity contribution is -0.127. The Balaban J connectivity index is 1.87. The van der Waals surface area contributed by atoms with Crippen molar-refractivity contribution in [3.8, 4) is 0 Å². The number of hydrogen-bond donors (Lipinski definition) is 2. The van der Waals surface area contributed by atoms with Gasteiger partial charge >= 0.3 is 0 Å². The number of amides is 1. The SMILES string of the molecule is CC1(C)COCC1NC(=O)C1CNC1. The number of hydrogen-bond acceptors (Lipinski definition) is 3. The van der Waals surface area contributed by atoms with Crippen molar-refractivity contribution in [2.75, 3.05) is 26.3 Å². The molecule has 0 saturated carbocycles. The molecule has 2 fully saturated rings. The molecule has 80 valence electrons. The molecule has 0 aromatic carbocycles. The van der Waals surface area contributed by atoms with E-state index in [9.17, 15) is 4.79 Å². The molecule has 2 saturated heterocycles. The van der Waals surface area contributed by atoms with E-state index in [4.69, 9.17) is 4.74 Å². The average molecular weight is 198 g/mol. The van der Waals surface area contributed by atoms with E-state index >= 15 is 0 Å². The molecule has 1 amide bonds. The fourth-order valence-corrected chi connectivity index (χ4v) is 1.77. The normalized spacial score (nSPS) is 31.1. The molecule has 2 aliphatic heterocycles. The van der Waals surface area contributed by atoms with Gasteiger partial charge in [-0.1, -0.05) is 13.8 Å². The Hall–Kier alpha value is -0.610. The van der Waals surface area contributed by atoms with Crippen molar-refractivity contribution in [2.24, 2.45) is 11.3 Å². The molecular weight excluding hydrogens is 180 g/mol. The Morgan fingerprint density at radius 2 is 2.21 bits per heavy atom. The average Bonchev–Trinajstić information content (AvgIpc) is 2.27. The molecule has 2 heterocycles. The zero-order valence-electron chi connectivity index (χ0n) is 8.80. The van der Waals surface area contributed by atoms with Gasteiger partial charge in [0.2, 0.25) is 5.91 Å². The van der Waals surface area contributed by atoms with Crippen molar-refractivity contribution in [1.29, 1.82) is 0 Å². The summed E-state index contributed by atoms with van der Waals surface area (Å²) in [7, 11) is 0. The fourth-order valence-electron chi connectivity index (χ4n) is 1.77. The van der Waals surface area contributed by atoms with E-state index in [1.165, 1.54) is 0 Å². The molecule has 0 spiro atoms. The van der Waals surface area contributed by atoms with Gasteiger partial charge in [0.05, 0.1) is 25.2 Å². The van der Waals surface area contributed by atoms with E-state index < -0.39 is 0 Å². The molecule has 0 aliphatic carbocycles. The summed E-state index contributed by atoms with van der Waals surface area (Å²) in [6, 6.07) is 0.176. The highest BCUT2D eigenvalue weighted by molar-refractivity contribution is 5.80. The lowest BCUT2D eigenvalue weighted by Gasteiger charge is -2.31. The quantitative estimate of drug-likeness (QED) is 0.643. The zero-order chi connectivity index (χ0) is 10.2. The minimum atomic E-state index is 0.0762. The zero-order valence-corrected chi connectivity index (χ0v) is 8.80. The molecule has 14 heavy (non-hydrogen) atoms. The molecule has 0 bridgehead atoms. The first-order valence-corrected chi connectivity index (χ1v) is 5.18. The summed E-state index contributed by atoms with van der Waals surface area (Å²) >= 11 is 0. The van der Waals surface area contributed by atoms with Gasteiger partial charge in [-0.25, -0.2) is 0 Å². The van der Waals surface area contributed by atoms with Gasteiger partial charge in [-0.05, 0) is 0 Å². The number of nitrogens with one attached hydrogen (secondary N) is 2. The summed E-state index contributed by atoms with van der Waals surface area (Å²) in [4.78, 5) is 11.7. The van der Waals surface area contributed by atoms with Crippen LogP contribution in [-0.4, -0.2) is 38.3 Å². The molecule has 4 nitrogen and oxygen atoms in total. The highest BCUT2D eigenvalue weighted by Crippen LogP contribution is 2.27. The number of ether oxygens (including phenoxy) is 1. The number of carbonyl (C=O) groups excluding carboxylic acids is 1. The van der Waals surface area contributed by atoms with Crippen LogP contribution in [0.25, 0.3) is 0 Å². The summed E-state index contributed by atoms with van der Waals surface area (Å²) in [5, 5.41) is 6.16. The second-order valence-electron chi connectivity index (χ2n) is 4.92. The molecule has 0 radical (unpaired) electrons. The molecule has 1 atom stereocenters. The maximum Gasteiger partial charge on any atom is 0.226 e. The van der Waals surface area contributed by atoms with Crippen molar-refractivity contribution >= 4 is 5.91 Å². The molecule has 2 rings (SSSR count). The Morgan fingerprint density at radius 1 is 1.50 bits per heavy atom. The van der Waals surface area contributed by atoms with Gasteiger partial charge < -0.3 is 15.4 Å². The van der Waals surface area contributed by atoms with Gasteiger partial charge in [0.25, 0.3) is 0 Å². The van der Waals surface area contributed by atoms with Crippen LogP contribution < -0.4 is 10.6 Å². The largest absolute Gasteiger partial charge is 0.379 e. The highest BCUT2D eigenvalue weighted by atomic mass is 16.5. The molecule has 4 heteroatoms. The lowest BCUT2D eigenvalue weighted by Crippen LogP contribution is -2.55. The minimum Gasteiger partial charge on any atom is -0.379 e. The van der Waals surface area contributed by atoms with Crippen LogP contribution in [0.4, 0.5) is 0 Å². The van der Waals surface area contributed by atoms with Crippen LogP contribution in [0.1, 0.15) is 13.8 Å². The van der Waals surface area contributed by atoms with E-state index in [0.717, 1.165) is 19.7 Å². The Labute approximate surface area is 84.4 Å². The van der Waals surface area contributed by atoms with Crippen molar-refractivity contribution in [3.05, 3.63) is 0 Å². The van der Waals surface area contributed by atoms with Crippen LogP contribution in [0.3, 0.4) is 0 Å². The second kappa shape index (κ2) is 3.51. The standard InChI is InChI=1S/C10H18N2O2/c1-10(2)6-14-5-8(10)12-9(13)7-3-11-4-7/h7-8,11H,3-6H2,1-2H3,(H,12,13). The summed E-state index contributed by atoms with van der Waals surface area (Å²) in [5.74, 6) is 0.346. The van der Waals surface area contributed by atoms with Crippen molar-refractivity contribution in [2.45, 2.75) is 19.9 Å². The monoisotopic (exact) mass is 198 g/mol. The van der Waals surface area contributed by atoms with Gasteiger partial charge in [-0.3, -0.25) is 4.79 Å². The Kier molecular flexibility index (Phi) is 2.49. The third-order valence-corrected chi connectivity index (χ3v) is 3.17. The van der Waals surface area contributed by atoms with Crippen molar-refractivity contribution in [3.63, 3.8) is 0 Å². The molecular formula is C10H18N2O2. The van der Waals surface area contributed by atoms with E-state index in [1.54, 1.807) is 0 Å². The third-order valence-electron chi connectivity index (χ3n) is 3.17. The summed E-state index contributed by atoms with van der Waals surface area (Å²) < 4.78 is 5.37. The van der Waals surface area contributed by atoms with E-state index in [1.807, 2.05) is 0 Å². The molecule has 0 aromatic heterocycles. The molecule has 2 aliphatic rings. The third kappa shape index (κ3) is 1.77. The number of carbonyl (C=O) groups is 1. The molecule has 1 unspecified atom stereocenters. The van der Waals surface area contributed by atoms with Crippen LogP contribution in [0, 0.1) is 11.3 Å². The van der Waals surface area contributed by atoms with Crippen LogP contribution >= 0.6 is 0 Å². The predicted molar refractivity (Wildman–Crippen MR) is 52.9 cm³/mol. The van der Waals surface area contributed by atoms with Crippen LogP contribution in [-0.2, 0) is 9.53 Å². The first kappa shape index (κ1) is 9.93. The Morgan fingerprint density at radius 3 is 2.64 bits per heavy atom. The first-order chi connectivity index (χ1) is 6.59. The predicted octanol–water partition coefficient (Wildman–Crippen LogP) is -0.253. The smallest absolute Gasteiger partial charge is 0.226 e. The van der Waals surface area contributed by atoms with E-state index in [-0.39, 0.29) is 23.3 Å². The maximum atomic E-state index is 11.7. The van der Waals surface area contributed by atoms with Gasteiger partial charge in [0, 0.05) is 18.5 Å². The van der Waals surface area contributed by atoms with E-state index in [2.05, 4.69) is 24.5 Å². The second-order valence-corrected chi connectivity index (χ2v) is 4.92. The summed E-state index contributed by atoms with van der Waals surface area (Å²) in [6.45, 7) is 7.29. The van der Waals surface area contributed by atoms with Crippen molar-refractivity contribution < 1.29 is 9.53 Å². The van der Waals surface area contributed by atoms with Gasteiger partial charge in [0.15, 0.2) is 0 Å². The number of rotatable bonds is 2. The van der Waals surface area contributed by atoms with E-state index in [0.29, 0.717) is 6.61 Å². The van der Waals surface area contributed by atoms with Crippen LogP contribution in [0.2, 0.25) is 0 Å². The maximum absolute atomic E-state index is 11.7. The first-order valence-electron chi connectivity index (χ1n) is 5.18. The molecule has 2 N–H and O–H groups in total. The van der Waals surface area contributed by atoms with Gasteiger partial charge in [-0.15, -0.1) is 0 Å². The van der Waals surface area contributed by atoms with Crippen LogP contribution in [0.15, 0.2) is 0 Å². The minimum absolute atomic E-state index is 0.0762. The molecule has 0 aromatic rings. The summed E-state index contributed by atoms with van der Waals surface area (Å²) in [5.41, 5.74) is 0.0762. The lowest BCUT2D eigenvalue weighted by atomic mass is 9.87. The van der Waals surface area contributed by atoms with Gasteiger partial charge in [0.1, 0.15) is 0 Å². The van der Waals surface area contributed by atoms with Crippen LogP contribution in [0.5, 0.6) is 0 Å². The van der Waals surface area contributed by atoms with Crippen molar-refractivity contribution in [1.82, 2.24) is 10.6 Å². The topological polar surface area (TPSA) is 50.4 Å². The fraction of sp³-hybridized carbons (Fsp3) is 0.900. The summed E-state index contributed by atoms with van der Waals surface area (Å²) in [6.07, 6.45) is 0. The highest BCUT2D eigenvalue weighted by Gasteiger charge is 2.38. The Bertz CT molecular complexity index is 236. The van der Waals surface area contributed by atoms with Gasteiger partial charge in [-0.2, -0.15) is 0 Å².